The highest BCUT2D eigenvalue weighted by Crippen LogP contribution is 2.24. The van der Waals surface area contributed by atoms with Crippen LogP contribution >= 0.6 is 0 Å². The molecule has 2 aromatic carbocycles. The minimum absolute atomic E-state index is 0.0919. The van der Waals surface area contributed by atoms with Crippen LogP contribution in [0.15, 0.2) is 41.5 Å². The molecule has 0 aliphatic heterocycles. The van der Waals surface area contributed by atoms with Crippen LogP contribution in [0.4, 0.5) is 0 Å². The van der Waals surface area contributed by atoms with Crippen molar-refractivity contribution in [1.82, 2.24) is 9.55 Å². The SMILES string of the molecule is CCCn1cnc2c(cc(C=O)c3ccccc32)c1=O. The molecule has 0 aliphatic carbocycles. The Kier molecular flexibility index (Phi) is 3.06. The first-order chi connectivity index (χ1) is 9.76. The number of hydrogen-bond donors (Lipinski definition) is 0. The van der Waals surface area contributed by atoms with Gasteiger partial charge in [0.2, 0.25) is 0 Å². The number of aldehydes is 1. The van der Waals surface area contributed by atoms with E-state index in [0.717, 1.165) is 23.5 Å². The lowest BCUT2D eigenvalue weighted by molar-refractivity contribution is 0.112. The summed E-state index contributed by atoms with van der Waals surface area (Å²) in [5.41, 5.74) is 1.09. The largest absolute Gasteiger partial charge is 0.299 e. The van der Waals surface area contributed by atoms with Gasteiger partial charge in [-0.1, -0.05) is 31.2 Å². The van der Waals surface area contributed by atoms with E-state index in [9.17, 15) is 9.59 Å². The third-order valence-electron chi connectivity index (χ3n) is 3.46. The van der Waals surface area contributed by atoms with Crippen molar-refractivity contribution in [3.63, 3.8) is 0 Å². The first kappa shape index (κ1) is 12.5. The van der Waals surface area contributed by atoms with Gasteiger partial charge < -0.3 is 0 Å². The van der Waals surface area contributed by atoms with Crippen molar-refractivity contribution in [3.05, 3.63) is 52.6 Å². The Morgan fingerprint density at radius 2 is 1.95 bits per heavy atom. The average molecular weight is 266 g/mol. The van der Waals surface area contributed by atoms with Gasteiger partial charge in [0.1, 0.15) is 0 Å². The predicted octanol–water partition coefficient (Wildman–Crippen LogP) is 2.77. The van der Waals surface area contributed by atoms with Gasteiger partial charge in [0.15, 0.2) is 6.29 Å². The number of carbonyl (C=O) groups is 1. The Hall–Kier alpha value is -2.49. The zero-order valence-corrected chi connectivity index (χ0v) is 11.2. The van der Waals surface area contributed by atoms with Gasteiger partial charge in [-0.05, 0) is 17.9 Å². The van der Waals surface area contributed by atoms with Crippen LogP contribution in [0.25, 0.3) is 21.7 Å². The van der Waals surface area contributed by atoms with Gasteiger partial charge >= 0.3 is 0 Å². The quantitative estimate of drug-likeness (QED) is 0.541. The third kappa shape index (κ3) is 1.81. The minimum Gasteiger partial charge on any atom is -0.299 e. The minimum atomic E-state index is -0.0919. The molecule has 0 amide bonds. The molecule has 1 heterocycles. The lowest BCUT2D eigenvalue weighted by atomic mass is 10.0. The van der Waals surface area contributed by atoms with Gasteiger partial charge in [-0.3, -0.25) is 14.2 Å². The van der Waals surface area contributed by atoms with Crippen molar-refractivity contribution < 1.29 is 4.79 Å². The highest BCUT2D eigenvalue weighted by molar-refractivity contribution is 6.11. The van der Waals surface area contributed by atoms with Crippen LogP contribution in [0.1, 0.15) is 23.7 Å². The van der Waals surface area contributed by atoms with Gasteiger partial charge in [-0.25, -0.2) is 4.98 Å². The van der Waals surface area contributed by atoms with Crippen molar-refractivity contribution in [2.24, 2.45) is 0 Å². The van der Waals surface area contributed by atoms with Crippen LogP contribution in [0.3, 0.4) is 0 Å². The molecule has 3 aromatic rings. The standard InChI is InChI=1S/C16H14N2O2/c1-2-7-18-10-17-15-13-6-4-3-5-12(13)11(9-19)8-14(15)16(18)20/h3-6,8-10H,2,7H2,1H3. The van der Waals surface area contributed by atoms with Gasteiger partial charge in [0, 0.05) is 17.5 Å². The molecule has 0 fully saturated rings. The predicted molar refractivity (Wildman–Crippen MR) is 79.2 cm³/mol. The van der Waals surface area contributed by atoms with Crippen LogP contribution in [0.2, 0.25) is 0 Å². The molecule has 100 valence electrons. The molecular formula is C16H14N2O2. The molecule has 0 unspecified atom stereocenters. The van der Waals surface area contributed by atoms with Gasteiger partial charge in [0.05, 0.1) is 17.2 Å². The van der Waals surface area contributed by atoms with Crippen molar-refractivity contribution in [2.45, 2.75) is 19.9 Å². The number of hydrogen-bond acceptors (Lipinski definition) is 3. The smallest absolute Gasteiger partial charge is 0.261 e. The number of aromatic nitrogens is 2. The molecule has 0 aliphatic rings. The van der Waals surface area contributed by atoms with Crippen molar-refractivity contribution in [2.75, 3.05) is 0 Å². The Morgan fingerprint density at radius 1 is 1.20 bits per heavy atom. The van der Waals surface area contributed by atoms with Crippen molar-refractivity contribution in [1.29, 1.82) is 0 Å². The number of aryl methyl sites for hydroxylation is 1. The Bertz CT molecular complexity index is 865. The monoisotopic (exact) mass is 266 g/mol. The number of rotatable bonds is 3. The lowest BCUT2D eigenvalue weighted by Gasteiger charge is -2.08. The number of carbonyl (C=O) groups excluding carboxylic acids is 1. The molecule has 0 radical (unpaired) electrons. The summed E-state index contributed by atoms with van der Waals surface area (Å²) in [5.74, 6) is 0. The van der Waals surface area contributed by atoms with Crippen molar-refractivity contribution in [3.8, 4) is 0 Å². The van der Waals surface area contributed by atoms with Gasteiger partial charge in [-0.15, -0.1) is 0 Å². The number of benzene rings is 2. The second-order valence-corrected chi connectivity index (χ2v) is 4.77. The topological polar surface area (TPSA) is 52.0 Å². The maximum Gasteiger partial charge on any atom is 0.261 e. The summed E-state index contributed by atoms with van der Waals surface area (Å²) in [6, 6.07) is 9.17. The number of fused-ring (bicyclic) bond motifs is 3. The van der Waals surface area contributed by atoms with E-state index in [0.29, 0.717) is 23.0 Å². The lowest BCUT2D eigenvalue weighted by Crippen LogP contribution is -2.20. The van der Waals surface area contributed by atoms with E-state index in [1.165, 1.54) is 0 Å². The molecule has 0 N–H and O–H groups in total. The second kappa shape index (κ2) is 4.89. The Morgan fingerprint density at radius 3 is 2.65 bits per heavy atom. The zero-order valence-electron chi connectivity index (χ0n) is 11.2. The van der Waals surface area contributed by atoms with E-state index in [1.54, 1.807) is 17.0 Å². The summed E-state index contributed by atoms with van der Waals surface area (Å²) < 4.78 is 1.59. The maximum atomic E-state index is 12.4. The number of nitrogens with zero attached hydrogens (tertiary/aromatic N) is 2. The summed E-state index contributed by atoms with van der Waals surface area (Å²) in [4.78, 5) is 28.1. The Balaban J connectivity index is 2.49. The fourth-order valence-corrected chi connectivity index (χ4v) is 2.52. The fraction of sp³-hybridized carbons (Fsp3) is 0.188. The Labute approximate surface area is 115 Å². The van der Waals surface area contributed by atoms with Crippen molar-refractivity contribution >= 4 is 28.0 Å². The van der Waals surface area contributed by atoms with Crippen LogP contribution < -0.4 is 5.56 Å². The third-order valence-corrected chi connectivity index (χ3v) is 3.46. The second-order valence-electron chi connectivity index (χ2n) is 4.77. The summed E-state index contributed by atoms with van der Waals surface area (Å²) in [7, 11) is 0. The van der Waals surface area contributed by atoms with E-state index in [2.05, 4.69) is 4.98 Å². The molecule has 4 heteroatoms. The first-order valence-corrected chi connectivity index (χ1v) is 6.62. The van der Waals surface area contributed by atoms with E-state index >= 15 is 0 Å². The van der Waals surface area contributed by atoms with E-state index < -0.39 is 0 Å². The zero-order chi connectivity index (χ0) is 14.1. The molecule has 20 heavy (non-hydrogen) atoms. The molecule has 0 saturated carbocycles. The van der Waals surface area contributed by atoms with Crippen LogP contribution in [-0.4, -0.2) is 15.8 Å². The van der Waals surface area contributed by atoms with Crippen LogP contribution in [-0.2, 0) is 6.54 Å². The molecule has 3 rings (SSSR count). The highest BCUT2D eigenvalue weighted by atomic mass is 16.1. The molecular weight excluding hydrogens is 252 g/mol. The molecule has 1 aromatic heterocycles. The molecule has 0 bridgehead atoms. The molecule has 4 nitrogen and oxygen atoms in total. The fourth-order valence-electron chi connectivity index (χ4n) is 2.52. The summed E-state index contributed by atoms with van der Waals surface area (Å²) in [6.07, 6.45) is 3.24. The van der Waals surface area contributed by atoms with Crippen LogP contribution in [0.5, 0.6) is 0 Å². The average Bonchev–Trinajstić information content (AvgIpc) is 2.49. The summed E-state index contributed by atoms with van der Waals surface area (Å²) in [5, 5.41) is 2.17. The van der Waals surface area contributed by atoms with Gasteiger partial charge in [0.25, 0.3) is 5.56 Å². The normalized spacial score (nSPS) is 11.1. The molecule has 0 atom stereocenters. The first-order valence-electron chi connectivity index (χ1n) is 6.62. The van der Waals surface area contributed by atoms with E-state index in [4.69, 9.17) is 0 Å². The summed E-state index contributed by atoms with van der Waals surface area (Å²) in [6.45, 7) is 2.64. The van der Waals surface area contributed by atoms with Crippen LogP contribution in [0, 0.1) is 0 Å². The van der Waals surface area contributed by atoms with Gasteiger partial charge in [-0.2, -0.15) is 0 Å². The summed E-state index contributed by atoms with van der Waals surface area (Å²) >= 11 is 0. The highest BCUT2D eigenvalue weighted by Gasteiger charge is 2.10. The molecule has 0 spiro atoms. The van der Waals surface area contributed by atoms with E-state index in [-0.39, 0.29) is 5.56 Å². The maximum absolute atomic E-state index is 12.4. The van der Waals surface area contributed by atoms with E-state index in [1.807, 2.05) is 31.2 Å². The molecule has 0 saturated heterocycles.